The van der Waals surface area contributed by atoms with Gasteiger partial charge in [-0.1, -0.05) is 18.2 Å². The number of halogens is 1. The minimum absolute atomic E-state index is 0. The van der Waals surface area contributed by atoms with Gasteiger partial charge in [-0.05, 0) is 42.7 Å². The zero-order valence-corrected chi connectivity index (χ0v) is 11.8. The molecule has 0 aliphatic heterocycles. The molecule has 2 rings (SSSR count). The first-order valence-electron chi connectivity index (χ1n) is 5.91. The molecule has 0 fully saturated rings. The number of aromatic nitrogens is 1. The third-order valence-electron chi connectivity index (χ3n) is 2.97. The number of carbonyl (C=O) groups excluding carboxylic acids is 1. The molecule has 0 saturated carbocycles. The number of hydrogen-bond acceptors (Lipinski definition) is 2. The molecule has 0 bridgehead atoms. The number of nitrogens with zero attached hydrogens (tertiary/aromatic N) is 1. The molecule has 1 N–H and O–H groups in total. The molecule has 0 aliphatic carbocycles. The maximum atomic E-state index is 11.8. The first-order chi connectivity index (χ1) is 8.66. The number of benzene rings is 1. The largest absolute Gasteiger partial charge is 0.348 e. The Labute approximate surface area is 119 Å². The van der Waals surface area contributed by atoms with Crippen molar-refractivity contribution in [3.63, 3.8) is 0 Å². The Morgan fingerprint density at radius 1 is 1.11 bits per heavy atom. The highest BCUT2D eigenvalue weighted by Gasteiger charge is 2.04. The van der Waals surface area contributed by atoms with E-state index in [4.69, 9.17) is 0 Å². The van der Waals surface area contributed by atoms with Gasteiger partial charge in [0.25, 0.3) is 5.91 Å². The van der Waals surface area contributed by atoms with Gasteiger partial charge in [-0.2, -0.15) is 0 Å². The van der Waals surface area contributed by atoms with Gasteiger partial charge in [-0.15, -0.1) is 12.4 Å². The Kier molecular flexibility index (Phi) is 5.52. The molecule has 1 aromatic heterocycles. The summed E-state index contributed by atoms with van der Waals surface area (Å²) in [6.45, 7) is 4.69. The standard InChI is InChI=1S/C15H16N2O.ClH/c1-11-3-4-13(9-12(11)2)10-17-15(18)14-5-7-16-8-6-14;/h3-9H,10H2,1-2H3,(H,17,18);1H. The Morgan fingerprint density at radius 2 is 1.79 bits per heavy atom. The molecule has 1 heterocycles. The molecule has 19 heavy (non-hydrogen) atoms. The van der Waals surface area contributed by atoms with Gasteiger partial charge in [-0.25, -0.2) is 0 Å². The van der Waals surface area contributed by atoms with Crippen molar-refractivity contribution in [1.82, 2.24) is 10.3 Å². The number of hydrogen-bond donors (Lipinski definition) is 1. The molecule has 0 unspecified atom stereocenters. The summed E-state index contributed by atoms with van der Waals surface area (Å²) < 4.78 is 0. The third-order valence-corrected chi connectivity index (χ3v) is 2.97. The maximum Gasteiger partial charge on any atom is 0.251 e. The normalized spacial score (nSPS) is 9.58. The number of rotatable bonds is 3. The van der Waals surface area contributed by atoms with E-state index < -0.39 is 0 Å². The second-order valence-electron chi connectivity index (χ2n) is 4.34. The zero-order chi connectivity index (χ0) is 13.0. The molecular formula is C15H17ClN2O. The van der Waals surface area contributed by atoms with Gasteiger partial charge < -0.3 is 5.32 Å². The first kappa shape index (κ1) is 15.2. The quantitative estimate of drug-likeness (QED) is 0.936. The molecule has 2 aromatic rings. The minimum atomic E-state index is -0.0735. The second kappa shape index (κ2) is 6.90. The summed E-state index contributed by atoms with van der Waals surface area (Å²) in [7, 11) is 0. The SMILES string of the molecule is Cc1ccc(CNC(=O)c2ccncc2)cc1C.Cl. The topological polar surface area (TPSA) is 42.0 Å². The minimum Gasteiger partial charge on any atom is -0.348 e. The average Bonchev–Trinajstić information content (AvgIpc) is 2.41. The highest BCUT2D eigenvalue weighted by atomic mass is 35.5. The van der Waals surface area contributed by atoms with E-state index in [9.17, 15) is 4.79 Å². The molecule has 100 valence electrons. The lowest BCUT2D eigenvalue weighted by Gasteiger charge is -2.07. The first-order valence-corrected chi connectivity index (χ1v) is 5.91. The van der Waals surface area contributed by atoms with Gasteiger partial charge in [0.1, 0.15) is 0 Å². The van der Waals surface area contributed by atoms with Gasteiger partial charge in [0, 0.05) is 24.5 Å². The lowest BCUT2D eigenvalue weighted by Crippen LogP contribution is -2.22. The van der Waals surface area contributed by atoms with Crippen molar-refractivity contribution in [3.8, 4) is 0 Å². The van der Waals surface area contributed by atoms with Gasteiger partial charge in [0.05, 0.1) is 0 Å². The number of aryl methyl sites for hydroxylation is 2. The van der Waals surface area contributed by atoms with Crippen LogP contribution in [0.5, 0.6) is 0 Å². The summed E-state index contributed by atoms with van der Waals surface area (Å²) >= 11 is 0. The number of pyridine rings is 1. The van der Waals surface area contributed by atoms with E-state index in [0.29, 0.717) is 12.1 Å². The Morgan fingerprint density at radius 3 is 2.42 bits per heavy atom. The second-order valence-corrected chi connectivity index (χ2v) is 4.34. The van der Waals surface area contributed by atoms with E-state index in [1.54, 1.807) is 24.5 Å². The average molecular weight is 277 g/mol. The van der Waals surface area contributed by atoms with Crippen LogP contribution in [0.15, 0.2) is 42.7 Å². The smallest absolute Gasteiger partial charge is 0.251 e. The maximum absolute atomic E-state index is 11.8. The highest BCUT2D eigenvalue weighted by Crippen LogP contribution is 2.09. The van der Waals surface area contributed by atoms with Gasteiger partial charge >= 0.3 is 0 Å². The van der Waals surface area contributed by atoms with Gasteiger partial charge in [0.15, 0.2) is 0 Å². The van der Waals surface area contributed by atoms with Crippen molar-refractivity contribution in [1.29, 1.82) is 0 Å². The fourth-order valence-electron chi connectivity index (χ4n) is 1.70. The molecular weight excluding hydrogens is 260 g/mol. The van der Waals surface area contributed by atoms with Gasteiger partial charge in [-0.3, -0.25) is 9.78 Å². The van der Waals surface area contributed by atoms with E-state index in [2.05, 4.69) is 36.3 Å². The van der Waals surface area contributed by atoms with Crippen LogP contribution < -0.4 is 5.32 Å². The van der Waals surface area contributed by atoms with Crippen LogP contribution in [0.1, 0.15) is 27.0 Å². The third kappa shape index (κ3) is 4.07. The van der Waals surface area contributed by atoms with E-state index in [1.165, 1.54) is 11.1 Å². The van der Waals surface area contributed by atoms with Crippen molar-refractivity contribution >= 4 is 18.3 Å². The van der Waals surface area contributed by atoms with Crippen molar-refractivity contribution < 1.29 is 4.79 Å². The summed E-state index contributed by atoms with van der Waals surface area (Å²) in [4.78, 5) is 15.7. The monoisotopic (exact) mass is 276 g/mol. The van der Waals surface area contributed by atoms with E-state index in [-0.39, 0.29) is 18.3 Å². The summed E-state index contributed by atoms with van der Waals surface area (Å²) in [5.41, 5.74) is 4.25. The van der Waals surface area contributed by atoms with Crippen LogP contribution in [0, 0.1) is 13.8 Å². The Bertz CT molecular complexity index is 555. The van der Waals surface area contributed by atoms with Crippen LogP contribution in [0.25, 0.3) is 0 Å². The fraction of sp³-hybridized carbons (Fsp3) is 0.200. The molecule has 0 spiro atoms. The fourth-order valence-corrected chi connectivity index (χ4v) is 1.70. The predicted octanol–water partition coefficient (Wildman–Crippen LogP) is 3.05. The van der Waals surface area contributed by atoms with E-state index in [0.717, 1.165) is 5.56 Å². The number of nitrogens with one attached hydrogen (secondary N) is 1. The lowest BCUT2D eigenvalue weighted by atomic mass is 10.1. The zero-order valence-electron chi connectivity index (χ0n) is 11.0. The van der Waals surface area contributed by atoms with E-state index >= 15 is 0 Å². The molecule has 0 radical (unpaired) electrons. The molecule has 4 heteroatoms. The molecule has 0 atom stereocenters. The highest BCUT2D eigenvalue weighted by molar-refractivity contribution is 5.93. The van der Waals surface area contributed by atoms with Crippen LogP contribution in [-0.2, 0) is 6.54 Å². The number of amides is 1. The summed E-state index contributed by atoms with van der Waals surface area (Å²) in [6.07, 6.45) is 3.23. The van der Waals surface area contributed by atoms with Crippen LogP contribution in [-0.4, -0.2) is 10.9 Å². The van der Waals surface area contributed by atoms with Crippen LogP contribution in [0.2, 0.25) is 0 Å². The van der Waals surface area contributed by atoms with E-state index in [1.807, 2.05) is 6.07 Å². The Balaban J connectivity index is 0.00000180. The van der Waals surface area contributed by atoms with Crippen LogP contribution in [0.4, 0.5) is 0 Å². The predicted molar refractivity (Wildman–Crippen MR) is 78.6 cm³/mol. The summed E-state index contributed by atoms with van der Waals surface area (Å²) in [5.74, 6) is -0.0735. The molecule has 1 aromatic carbocycles. The molecule has 0 saturated heterocycles. The summed E-state index contributed by atoms with van der Waals surface area (Å²) in [6, 6.07) is 9.62. The van der Waals surface area contributed by atoms with Crippen LogP contribution in [0.3, 0.4) is 0 Å². The van der Waals surface area contributed by atoms with Gasteiger partial charge in [0.2, 0.25) is 0 Å². The van der Waals surface area contributed by atoms with Crippen molar-refractivity contribution in [2.24, 2.45) is 0 Å². The molecule has 3 nitrogen and oxygen atoms in total. The summed E-state index contributed by atoms with van der Waals surface area (Å²) in [5, 5.41) is 2.90. The van der Waals surface area contributed by atoms with Crippen LogP contribution >= 0.6 is 12.4 Å². The number of carbonyl (C=O) groups is 1. The lowest BCUT2D eigenvalue weighted by molar-refractivity contribution is 0.0951. The molecule has 0 aliphatic rings. The van der Waals surface area contributed by atoms with Crippen molar-refractivity contribution in [2.75, 3.05) is 0 Å². The molecule has 1 amide bonds. The Hall–Kier alpha value is -1.87. The van der Waals surface area contributed by atoms with Crippen molar-refractivity contribution in [3.05, 3.63) is 65.0 Å². The van der Waals surface area contributed by atoms with Crippen molar-refractivity contribution in [2.45, 2.75) is 20.4 Å².